The molecule has 0 aliphatic rings. The van der Waals surface area contributed by atoms with E-state index >= 15 is 0 Å². The number of benzene rings is 2. The van der Waals surface area contributed by atoms with Crippen LogP contribution in [0.25, 0.3) is 6.08 Å². The Balaban J connectivity index is 2.43. The Morgan fingerprint density at radius 1 is 1.04 bits per heavy atom. The molecule has 0 spiro atoms. The average molecular weight is 380 g/mol. The number of allylic oxidation sites excluding steroid dienone is 1. The largest absolute Gasteiger partial charge is 0.234 e. The maximum atomic E-state index is 12.4. The van der Waals surface area contributed by atoms with Gasteiger partial charge in [0.15, 0.2) is 0 Å². The van der Waals surface area contributed by atoms with Gasteiger partial charge in [-0.15, -0.1) is 0 Å². The summed E-state index contributed by atoms with van der Waals surface area (Å²) in [7, 11) is -1.37. The molecule has 0 amide bonds. The highest BCUT2D eigenvalue weighted by atomic mass is 35.5. The normalized spacial score (nSPS) is 14.1. The topological polar surface area (TPSA) is 29.4 Å². The van der Waals surface area contributed by atoms with Crippen molar-refractivity contribution in [2.24, 2.45) is 4.40 Å². The highest BCUT2D eigenvalue weighted by Crippen LogP contribution is 2.18. The Hall–Kier alpha value is -1.42. The fourth-order valence-corrected chi connectivity index (χ4v) is 2.85. The molecule has 0 aliphatic heterocycles. The fourth-order valence-electron chi connectivity index (χ4n) is 1.84. The van der Waals surface area contributed by atoms with Crippen LogP contribution in [-0.2, 0) is 11.0 Å². The first-order valence-electron chi connectivity index (χ1n) is 7.46. The van der Waals surface area contributed by atoms with E-state index in [1.807, 2.05) is 75.4 Å². The Bertz CT molecular complexity index is 807. The van der Waals surface area contributed by atoms with Crippen molar-refractivity contribution >= 4 is 46.0 Å². The molecule has 2 aromatic carbocycles. The van der Waals surface area contributed by atoms with Crippen LogP contribution < -0.4 is 0 Å². The van der Waals surface area contributed by atoms with Crippen molar-refractivity contribution in [3.63, 3.8) is 0 Å². The fraction of sp³-hybridized carbons (Fsp3) is 0.211. The third-order valence-corrected chi connectivity index (χ3v) is 4.99. The van der Waals surface area contributed by atoms with Crippen LogP contribution in [0.15, 0.2) is 59.0 Å². The maximum absolute atomic E-state index is 12.4. The molecule has 5 heteroatoms. The first-order chi connectivity index (χ1) is 11.3. The molecule has 24 heavy (non-hydrogen) atoms. The summed E-state index contributed by atoms with van der Waals surface area (Å²) < 4.78 is 16.4. The Morgan fingerprint density at radius 2 is 1.67 bits per heavy atom. The van der Waals surface area contributed by atoms with Crippen molar-refractivity contribution in [2.75, 3.05) is 0 Å². The molecule has 0 radical (unpaired) electrons. The van der Waals surface area contributed by atoms with Gasteiger partial charge in [0.2, 0.25) is 0 Å². The van der Waals surface area contributed by atoms with E-state index in [9.17, 15) is 4.21 Å². The average Bonchev–Trinajstić information content (AvgIpc) is 2.50. The van der Waals surface area contributed by atoms with Gasteiger partial charge in [-0.1, -0.05) is 53.5 Å². The van der Waals surface area contributed by atoms with Crippen LogP contribution in [0.5, 0.6) is 0 Å². The number of rotatable bonds is 4. The first kappa shape index (κ1) is 18.9. The third kappa shape index (κ3) is 5.59. The Morgan fingerprint density at radius 3 is 2.25 bits per heavy atom. The van der Waals surface area contributed by atoms with Gasteiger partial charge in [0.25, 0.3) is 0 Å². The molecule has 0 bridgehead atoms. The molecular formula is C19H19Cl2NOS. The van der Waals surface area contributed by atoms with E-state index in [0.29, 0.717) is 15.8 Å². The lowest BCUT2D eigenvalue weighted by atomic mass is 10.1. The zero-order valence-corrected chi connectivity index (χ0v) is 16.1. The lowest BCUT2D eigenvalue weighted by molar-refractivity contribution is 0.650. The Labute approximate surface area is 155 Å². The molecule has 0 heterocycles. The van der Waals surface area contributed by atoms with E-state index in [1.54, 1.807) is 6.07 Å². The molecule has 0 saturated carbocycles. The van der Waals surface area contributed by atoms with Gasteiger partial charge in [-0.2, -0.15) is 4.40 Å². The Kier molecular flexibility index (Phi) is 6.39. The predicted octanol–water partition coefficient (Wildman–Crippen LogP) is 5.96. The molecule has 0 saturated heterocycles. The van der Waals surface area contributed by atoms with Gasteiger partial charge in [-0.25, -0.2) is 4.21 Å². The van der Waals surface area contributed by atoms with Crippen molar-refractivity contribution in [1.29, 1.82) is 0 Å². The summed E-state index contributed by atoms with van der Waals surface area (Å²) in [5.41, 5.74) is 2.38. The molecule has 126 valence electrons. The third-order valence-electron chi connectivity index (χ3n) is 3.11. The number of nitrogens with zero attached hydrogens (tertiary/aromatic N) is 1. The van der Waals surface area contributed by atoms with Crippen LogP contribution >= 0.6 is 23.2 Å². The smallest absolute Gasteiger partial charge is 0.145 e. The zero-order valence-electron chi connectivity index (χ0n) is 13.8. The molecule has 0 aromatic heterocycles. The van der Waals surface area contributed by atoms with Crippen LogP contribution in [0.4, 0.5) is 0 Å². The van der Waals surface area contributed by atoms with Gasteiger partial charge < -0.3 is 0 Å². The van der Waals surface area contributed by atoms with E-state index in [0.717, 1.165) is 11.1 Å². The minimum absolute atomic E-state index is 0.437. The molecule has 2 nitrogen and oxygen atoms in total. The lowest BCUT2D eigenvalue weighted by Crippen LogP contribution is -2.20. The zero-order chi connectivity index (χ0) is 17.7. The predicted molar refractivity (Wildman–Crippen MR) is 106 cm³/mol. The minimum atomic E-state index is -1.37. The summed E-state index contributed by atoms with van der Waals surface area (Å²) in [6.45, 7) is 5.68. The van der Waals surface area contributed by atoms with Crippen molar-refractivity contribution in [2.45, 2.75) is 25.5 Å². The molecule has 0 fully saturated rings. The SMILES string of the molecule is CC(C)(C)[S@@](=O)/N=C(\C=C\c1cccc(Cl)c1)c1cccc(Cl)c1. The second kappa shape index (κ2) is 8.11. The molecule has 1 atom stereocenters. The van der Waals surface area contributed by atoms with Crippen LogP contribution in [0.1, 0.15) is 31.9 Å². The molecule has 2 aromatic rings. The van der Waals surface area contributed by atoms with Crippen molar-refractivity contribution < 1.29 is 4.21 Å². The summed E-state index contributed by atoms with van der Waals surface area (Å²) in [5, 5.41) is 1.27. The molecule has 0 unspecified atom stereocenters. The van der Waals surface area contributed by atoms with E-state index in [-0.39, 0.29) is 0 Å². The van der Waals surface area contributed by atoms with E-state index in [1.165, 1.54) is 0 Å². The van der Waals surface area contributed by atoms with Gasteiger partial charge >= 0.3 is 0 Å². The monoisotopic (exact) mass is 379 g/mol. The highest BCUT2D eigenvalue weighted by molar-refractivity contribution is 7.85. The second-order valence-electron chi connectivity index (χ2n) is 6.24. The van der Waals surface area contributed by atoms with Gasteiger partial charge in [0.1, 0.15) is 11.0 Å². The van der Waals surface area contributed by atoms with Crippen LogP contribution in [-0.4, -0.2) is 14.7 Å². The van der Waals surface area contributed by atoms with Gasteiger partial charge in [-0.05, 0) is 56.7 Å². The molecule has 0 N–H and O–H groups in total. The van der Waals surface area contributed by atoms with Crippen molar-refractivity contribution in [3.05, 3.63) is 75.8 Å². The van der Waals surface area contributed by atoms with E-state index < -0.39 is 15.7 Å². The summed E-state index contributed by atoms with van der Waals surface area (Å²) in [6, 6.07) is 14.8. The number of hydrogen-bond donors (Lipinski definition) is 0. The van der Waals surface area contributed by atoms with E-state index in [4.69, 9.17) is 23.2 Å². The molecular weight excluding hydrogens is 361 g/mol. The van der Waals surface area contributed by atoms with Gasteiger partial charge in [0, 0.05) is 15.6 Å². The highest BCUT2D eigenvalue weighted by Gasteiger charge is 2.19. The second-order valence-corrected chi connectivity index (χ2v) is 9.02. The molecule has 2 rings (SSSR count). The summed E-state index contributed by atoms with van der Waals surface area (Å²) in [6.07, 6.45) is 3.73. The van der Waals surface area contributed by atoms with Crippen LogP contribution in [0, 0.1) is 0 Å². The summed E-state index contributed by atoms with van der Waals surface area (Å²) in [4.78, 5) is 0. The van der Waals surface area contributed by atoms with Crippen LogP contribution in [0.3, 0.4) is 0 Å². The van der Waals surface area contributed by atoms with Gasteiger partial charge in [0.05, 0.1) is 10.5 Å². The number of halogens is 2. The molecule has 0 aliphatic carbocycles. The minimum Gasteiger partial charge on any atom is -0.234 e. The summed E-state index contributed by atoms with van der Waals surface area (Å²) >= 11 is 12.1. The quantitative estimate of drug-likeness (QED) is 0.602. The van der Waals surface area contributed by atoms with Crippen molar-refractivity contribution in [3.8, 4) is 0 Å². The number of hydrogen-bond acceptors (Lipinski definition) is 1. The van der Waals surface area contributed by atoms with Gasteiger partial charge in [-0.3, -0.25) is 0 Å². The standard InChI is InChI=1S/C19H19Cl2NOS/c1-19(2,3)24(23)22-18(15-7-5-9-17(21)13-15)11-10-14-6-4-8-16(20)12-14/h4-13H,1-3H3/b11-10+,22-18+/t24-/m1/s1. The van der Waals surface area contributed by atoms with Crippen molar-refractivity contribution in [1.82, 2.24) is 0 Å². The maximum Gasteiger partial charge on any atom is 0.145 e. The summed E-state index contributed by atoms with van der Waals surface area (Å²) in [5.74, 6) is 0. The van der Waals surface area contributed by atoms with E-state index in [2.05, 4.69) is 4.40 Å². The first-order valence-corrected chi connectivity index (χ1v) is 9.32. The lowest BCUT2D eigenvalue weighted by Gasteiger charge is -2.14. The van der Waals surface area contributed by atoms with Crippen LogP contribution in [0.2, 0.25) is 10.0 Å².